The van der Waals surface area contributed by atoms with Crippen LogP contribution in [0, 0.1) is 13.8 Å². The summed E-state index contributed by atoms with van der Waals surface area (Å²) in [6.45, 7) is 5.70. The SMILES string of the molecule is Cc1cc(C)c2c(n1)SCC(=O)N2CC(=O)N1CCCCCC1. The van der Waals surface area contributed by atoms with Crippen molar-refractivity contribution >= 4 is 29.3 Å². The van der Waals surface area contributed by atoms with Crippen LogP contribution in [0.5, 0.6) is 0 Å². The quantitative estimate of drug-likeness (QED) is 0.834. The summed E-state index contributed by atoms with van der Waals surface area (Å²) >= 11 is 1.47. The molecule has 3 heterocycles. The minimum atomic E-state index is -0.000532. The Morgan fingerprint density at radius 2 is 1.91 bits per heavy atom. The molecular formula is C17H23N3O2S. The van der Waals surface area contributed by atoms with E-state index in [1.54, 1.807) is 4.90 Å². The van der Waals surface area contributed by atoms with Crippen molar-refractivity contribution in [2.75, 3.05) is 30.3 Å². The normalized spacial score (nSPS) is 18.6. The molecule has 1 saturated heterocycles. The fourth-order valence-corrected chi connectivity index (χ4v) is 4.31. The Morgan fingerprint density at radius 1 is 1.22 bits per heavy atom. The van der Waals surface area contributed by atoms with Crippen molar-refractivity contribution in [2.45, 2.75) is 44.6 Å². The van der Waals surface area contributed by atoms with Gasteiger partial charge in [-0.1, -0.05) is 24.6 Å². The number of pyridine rings is 1. The number of anilines is 1. The van der Waals surface area contributed by atoms with Gasteiger partial charge in [-0.2, -0.15) is 0 Å². The van der Waals surface area contributed by atoms with Crippen molar-refractivity contribution < 1.29 is 9.59 Å². The van der Waals surface area contributed by atoms with E-state index in [1.165, 1.54) is 24.6 Å². The molecule has 0 spiro atoms. The Labute approximate surface area is 141 Å². The van der Waals surface area contributed by atoms with E-state index in [4.69, 9.17) is 0 Å². The lowest BCUT2D eigenvalue weighted by Crippen LogP contribution is -2.45. The molecular weight excluding hydrogens is 310 g/mol. The minimum Gasteiger partial charge on any atom is -0.341 e. The van der Waals surface area contributed by atoms with Crippen LogP contribution in [0.3, 0.4) is 0 Å². The molecule has 0 aromatic carbocycles. The summed E-state index contributed by atoms with van der Waals surface area (Å²) in [4.78, 5) is 33.1. The second-order valence-electron chi connectivity index (χ2n) is 6.30. The van der Waals surface area contributed by atoms with Gasteiger partial charge in [0.2, 0.25) is 11.8 Å². The Morgan fingerprint density at radius 3 is 2.61 bits per heavy atom. The van der Waals surface area contributed by atoms with Gasteiger partial charge in [0.05, 0.1) is 11.4 Å². The van der Waals surface area contributed by atoms with E-state index in [1.807, 2.05) is 24.8 Å². The lowest BCUT2D eigenvalue weighted by molar-refractivity contribution is -0.131. The summed E-state index contributed by atoms with van der Waals surface area (Å²) < 4.78 is 0. The van der Waals surface area contributed by atoms with Gasteiger partial charge in [0, 0.05) is 18.8 Å². The number of fused-ring (bicyclic) bond motifs is 1. The fraction of sp³-hybridized carbons (Fsp3) is 0.588. The molecule has 2 aliphatic rings. The van der Waals surface area contributed by atoms with Crippen LogP contribution in [0.1, 0.15) is 36.9 Å². The van der Waals surface area contributed by atoms with E-state index in [0.29, 0.717) is 5.75 Å². The molecule has 0 atom stereocenters. The molecule has 6 heteroatoms. The average Bonchev–Trinajstić information content (AvgIpc) is 2.79. The summed E-state index contributed by atoms with van der Waals surface area (Å²) in [7, 11) is 0. The maximum atomic E-state index is 12.7. The van der Waals surface area contributed by atoms with Crippen LogP contribution in [0.4, 0.5) is 5.69 Å². The second-order valence-corrected chi connectivity index (χ2v) is 7.26. The molecule has 0 saturated carbocycles. The highest BCUT2D eigenvalue weighted by Gasteiger charge is 2.30. The molecule has 2 aliphatic heterocycles. The lowest BCUT2D eigenvalue weighted by atomic mass is 10.2. The zero-order valence-corrected chi connectivity index (χ0v) is 14.6. The molecule has 3 rings (SSSR count). The van der Waals surface area contributed by atoms with Crippen LogP contribution in [-0.4, -0.2) is 47.1 Å². The van der Waals surface area contributed by atoms with Crippen molar-refractivity contribution in [1.82, 2.24) is 9.88 Å². The van der Waals surface area contributed by atoms with Crippen molar-refractivity contribution in [1.29, 1.82) is 0 Å². The molecule has 0 aliphatic carbocycles. The van der Waals surface area contributed by atoms with Gasteiger partial charge in [-0.15, -0.1) is 0 Å². The van der Waals surface area contributed by atoms with E-state index < -0.39 is 0 Å². The number of hydrogen-bond donors (Lipinski definition) is 0. The summed E-state index contributed by atoms with van der Waals surface area (Å²) in [6.07, 6.45) is 4.50. The fourth-order valence-electron chi connectivity index (χ4n) is 3.28. The van der Waals surface area contributed by atoms with Crippen LogP contribution >= 0.6 is 11.8 Å². The maximum Gasteiger partial charge on any atom is 0.242 e. The van der Waals surface area contributed by atoms with Gasteiger partial charge in [-0.25, -0.2) is 4.98 Å². The molecule has 0 radical (unpaired) electrons. The molecule has 5 nitrogen and oxygen atoms in total. The highest BCUT2D eigenvalue weighted by molar-refractivity contribution is 8.00. The molecule has 0 N–H and O–H groups in total. The van der Waals surface area contributed by atoms with Crippen LogP contribution in [0.15, 0.2) is 11.1 Å². The number of aryl methyl sites for hydroxylation is 2. The highest BCUT2D eigenvalue weighted by Crippen LogP contribution is 2.36. The van der Waals surface area contributed by atoms with Gasteiger partial charge < -0.3 is 4.90 Å². The van der Waals surface area contributed by atoms with Gasteiger partial charge in [0.25, 0.3) is 0 Å². The third-order valence-electron chi connectivity index (χ3n) is 4.43. The van der Waals surface area contributed by atoms with E-state index in [2.05, 4.69) is 4.98 Å². The monoisotopic (exact) mass is 333 g/mol. The molecule has 2 amide bonds. The standard InChI is InChI=1S/C17H23N3O2S/c1-12-9-13(2)18-17-16(12)20(15(22)11-23-17)10-14(21)19-7-5-3-4-6-8-19/h9H,3-8,10-11H2,1-2H3. The van der Waals surface area contributed by atoms with E-state index >= 15 is 0 Å². The van der Waals surface area contributed by atoms with Gasteiger partial charge in [0.15, 0.2) is 0 Å². The number of thioether (sulfide) groups is 1. The van der Waals surface area contributed by atoms with Gasteiger partial charge in [0.1, 0.15) is 11.6 Å². The zero-order chi connectivity index (χ0) is 16.4. The summed E-state index contributed by atoms with van der Waals surface area (Å²) in [6, 6.07) is 1.97. The summed E-state index contributed by atoms with van der Waals surface area (Å²) in [5, 5.41) is 0.866. The van der Waals surface area contributed by atoms with Crippen LogP contribution in [-0.2, 0) is 9.59 Å². The van der Waals surface area contributed by atoms with E-state index in [-0.39, 0.29) is 18.4 Å². The Bertz CT molecular complexity index is 625. The van der Waals surface area contributed by atoms with Gasteiger partial charge in [-0.3, -0.25) is 14.5 Å². The van der Waals surface area contributed by atoms with Gasteiger partial charge in [-0.05, 0) is 38.3 Å². The summed E-state index contributed by atoms with van der Waals surface area (Å²) in [5.41, 5.74) is 2.78. The molecule has 1 aromatic heterocycles. The molecule has 1 fully saturated rings. The number of likely N-dealkylation sites (tertiary alicyclic amines) is 1. The second kappa shape index (κ2) is 6.91. The van der Waals surface area contributed by atoms with E-state index in [9.17, 15) is 9.59 Å². The predicted molar refractivity (Wildman–Crippen MR) is 91.8 cm³/mol. The smallest absolute Gasteiger partial charge is 0.242 e. The Balaban J connectivity index is 1.82. The van der Waals surface area contributed by atoms with Crippen LogP contribution in [0.2, 0.25) is 0 Å². The molecule has 23 heavy (non-hydrogen) atoms. The summed E-state index contributed by atoms with van der Waals surface area (Å²) in [5.74, 6) is 0.411. The number of hydrogen-bond acceptors (Lipinski definition) is 4. The zero-order valence-electron chi connectivity index (χ0n) is 13.8. The van der Waals surface area contributed by atoms with Crippen molar-refractivity contribution in [3.63, 3.8) is 0 Å². The highest BCUT2D eigenvalue weighted by atomic mass is 32.2. The number of amides is 2. The van der Waals surface area contributed by atoms with Crippen LogP contribution < -0.4 is 4.90 Å². The molecule has 0 unspecified atom stereocenters. The number of rotatable bonds is 2. The Hall–Kier alpha value is -1.56. The molecule has 1 aromatic rings. The number of carbonyl (C=O) groups excluding carboxylic acids is 2. The number of aromatic nitrogens is 1. The van der Waals surface area contributed by atoms with Crippen molar-refractivity contribution in [3.05, 3.63) is 17.3 Å². The predicted octanol–water partition coefficient (Wildman–Crippen LogP) is 2.54. The molecule has 124 valence electrons. The molecule has 0 bridgehead atoms. The topological polar surface area (TPSA) is 53.5 Å². The van der Waals surface area contributed by atoms with Crippen molar-refractivity contribution in [2.24, 2.45) is 0 Å². The lowest BCUT2D eigenvalue weighted by Gasteiger charge is -2.31. The number of nitrogens with zero attached hydrogens (tertiary/aromatic N) is 3. The van der Waals surface area contributed by atoms with E-state index in [0.717, 1.165) is 47.9 Å². The first-order valence-electron chi connectivity index (χ1n) is 8.25. The third kappa shape index (κ3) is 3.52. The first-order chi connectivity index (χ1) is 11.1. The largest absolute Gasteiger partial charge is 0.341 e. The van der Waals surface area contributed by atoms with Crippen LogP contribution in [0.25, 0.3) is 0 Å². The minimum absolute atomic E-state index is 0.000532. The maximum absolute atomic E-state index is 12.7. The first kappa shape index (κ1) is 16.3. The number of carbonyl (C=O) groups is 2. The average molecular weight is 333 g/mol. The Kier molecular flexibility index (Phi) is 4.90. The van der Waals surface area contributed by atoms with Gasteiger partial charge >= 0.3 is 0 Å². The van der Waals surface area contributed by atoms with Crippen molar-refractivity contribution in [3.8, 4) is 0 Å². The third-order valence-corrected chi connectivity index (χ3v) is 5.38. The first-order valence-corrected chi connectivity index (χ1v) is 9.24.